The Labute approximate surface area is 149 Å². The molecule has 0 radical (unpaired) electrons. The fraction of sp³-hybridized carbons (Fsp3) is 0.947. The maximum atomic E-state index is 9.90. The van der Waals surface area contributed by atoms with E-state index in [1.165, 1.54) is 70.6 Å². The summed E-state index contributed by atoms with van der Waals surface area (Å²) in [5.74, 6) is -0.115. The van der Waals surface area contributed by atoms with Gasteiger partial charge in [0.15, 0.2) is 0 Å². The van der Waals surface area contributed by atoms with E-state index in [0.29, 0.717) is 4.99 Å². The first kappa shape index (κ1) is 22.8. The summed E-state index contributed by atoms with van der Waals surface area (Å²) in [6.45, 7) is 4.02. The fourth-order valence-electron chi connectivity index (χ4n) is 2.92. The van der Waals surface area contributed by atoms with Crippen molar-refractivity contribution in [1.29, 1.82) is 0 Å². The van der Waals surface area contributed by atoms with Gasteiger partial charge in [-0.1, -0.05) is 96.2 Å². The highest BCUT2D eigenvalue weighted by Crippen LogP contribution is 2.15. The van der Waals surface area contributed by atoms with Gasteiger partial charge in [0.25, 0.3) is 0 Å². The number of aliphatic hydroxyl groups is 2. The fourth-order valence-corrected chi connectivity index (χ4v) is 3.04. The lowest BCUT2D eigenvalue weighted by molar-refractivity contribution is 0.0509. The van der Waals surface area contributed by atoms with Crippen LogP contribution in [0.1, 0.15) is 97.3 Å². The van der Waals surface area contributed by atoms with Gasteiger partial charge >= 0.3 is 0 Å². The first-order chi connectivity index (χ1) is 11.1. The molecule has 23 heavy (non-hydrogen) atoms. The topological polar surface area (TPSA) is 52.5 Å². The maximum Gasteiger partial charge on any atom is 0.129 e. The van der Waals surface area contributed by atoms with Crippen molar-refractivity contribution in [2.75, 3.05) is 6.61 Å². The van der Waals surface area contributed by atoms with Crippen LogP contribution in [0.15, 0.2) is 0 Å². The molecule has 0 heterocycles. The molecule has 0 saturated carbocycles. The van der Waals surface area contributed by atoms with Crippen molar-refractivity contribution in [3.8, 4) is 0 Å². The number of hydrogen-bond donors (Lipinski definition) is 3. The summed E-state index contributed by atoms with van der Waals surface area (Å²) in [6, 6.07) is 0. The van der Waals surface area contributed by atoms with Crippen LogP contribution in [-0.4, -0.2) is 28.0 Å². The number of hydrogen-bond acceptors (Lipinski definition) is 3. The van der Waals surface area contributed by atoms with Crippen LogP contribution in [0.2, 0.25) is 0 Å². The van der Waals surface area contributed by atoms with Gasteiger partial charge in [0, 0.05) is 5.92 Å². The van der Waals surface area contributed by atoms with E-state index in [4.69, 9.17) is 12.2 Å². The largest absolute Gasteiger partial charge is 0.396 e. The molecule has 0 aromatic heterocycles. The van der Waals surface area contributed by atoms with Gasteiger partial charge in [-0.25, -0.2) is 0 Å². The van der Waals surface area contributed by atoms with Gasteiger partial charge in [0.1, 0.15) is 6.23 Å². The molecule has 0 aromatic carbocycles. The average molecular weight is 346 g/mol. The van der Waals surface area contributed by atoms with Gasteiger partial charge in [0.05, 0.1) is 11.6 Å². The van der Waals surface area contributed by atoms with Gasteiger partial charge in [0.2, 0.25) is 0 Å². The maximum absolute atomic E-state index is 9.90. The Morgan fingerprint density at radius 1 is 0.870 bits per heavy atom. The third kappa shape index (κ3) is 15.1. The summed E-state index contributed by atoms with van der Waals surface area (Å²) < 4.78 is 0. The summed E-state index contributed by atoms with van der Waals surface area (Å²) in [6.07, 6.45) is 16.0. The number of thiocarbonyl (C=S) groups is 1. The van der Waals surface area contributed by atoms with Crippen molar-refractivity contribution in [2.24, 2.45) is 5.92 Å². The summed E-state index contributed by atoms with van der Waals surface area (Å²) in [5, 5.41) is 22.1. The van der Waals surface area contributed by atoms with Crippen LogP contribution in [0.25, 0.3) is 0 Å². The SMILES string of the molecule is CCCCCCCCCCCCCCC(CO)C(O)NC(C)=S. The smallest absolute Gasteiger partial charge is 0.129 e. The Kier molecular flexibility index (Phi) is 16.5. The van der Waals surface area contributed by atoms with E-state index in [9.17, 15) is 10.2 Å². The van der Waals surface area contributed by atoms with Crippen molar-refractivity contribution in [3.63, 3.8) is 0 Å². The minimum absolute atomic E-state index is 0.00874. The molecule has 0 rings (SSSR count). The summed E-state index contributed by atoms with van der Waals surface area (Å²) in [7, 11) is 0. The first-order valence-electron chi connectivity index (χ1n) is 9.67. The number of rotatable bonds is 16. The van der Waals surface area contributed by atoms with Crippen LogP contribution in [-0.2, 0) is 0 Å². The highest BCUT2D eigenvalue weighted by molar-refractivity contribution is 7.80. The van der Waals surface area contributed by atoms with Crippen LogP contribution in [0.3, 0.4) is 0 Å². The molecule has 3 nitrogen and oxygen atoms in total. The van der Waals surface area contributed by atoms with Crippen molar-refractivity contribution >= 4 is 17.2 Å². The van der Waals surface area contributed by atoms with Crippen molar-refractivity contribution in [3.05, 3.63) is 0 Å². The number of aliphatic hydroxyl groups excluding tert-OH is 2. The van der Waals surface area contributed by atoms with Crippen molar-refractivity contribution in [2.45, 2.75) is 104 Å². The summed E-state index contributed by atoms with van der Waals surface area (Å²) >= 11 is 4.92. The van der Waals surface area contributed by atoms with E-state index in [-0.39, 0.29) is 12.5 Å². The molecule has 0 aliphatic rings. The normalized spacial score (nSPS) is 13.7. The summed E-state index contributed by atoms with van der Waals surface area (Å²) in [5.41, 5.74) is 0. The number of nitrogens with one attached hydrogen (secondary N) is 1. The molecule has 0 saturated heterocycles. The lowest BCUT2D eigenvalue weighted by Gasteiger charge is -2.22. The molecule has 0 aromatic rings. The highest BCUT2D eigenvalue weighted by Gasteiger charge is 2.17. The monoisotopic (exact) mass is 345 g/mol. The predicted molar refractivity (Wildman–Crippen MR) is 104 cm³/mol. The molecule has 0 aliphatic heterocycles. The van der Waals surface area contributed by atoms with Gasteiger partial charge in [-0.05, 0) is 13.3 Å². The molecule has 4 heteroatoms. The van der Waals surface area contributed by atoms with E-state index in [0.717, 1.165) is 12.8 Å². The van der Waals surface area contributed by atoms with Crippen molar-refractivity contribution < 1.29 is 10.2 Å². The van der Waals surface area contributed by atoms with E-state index >= 15 is 0 Å². The van der Waals surface area contributed by atoms with Crippen LogP contribution < -0.4 is 5.32 Å². The second-order valence-corrected chi connectivity index (χ2v) is 7.38. The quantitative estimate of drug-likeness (QED) is 0.211. The zero-order valence-electron chi connectivity index (χ0n) is 15.4. The van der Waals surface area contributed by atoms with Gasteiger partial charge in [-0.15, -0.1) is 0 Å². The Bertz CT molecular complexity index is 274. The van der Waals surface area contributed by atoms with Crippen LogP contribution in [0, 0.1) is 5.92 Å². The van der Waals surface area contributed by atoms with E-state index in [1.807, 2.05) is 0 Å². The Hall–Kier alpha value is -0.190. The molecule has 3 N–H and O–H groups in total. The van der Waals surface area contributed by atoms with Gasteiger partial charge in [-0.2, -0.15) is 0 Å². The second-order valence-electron chi connectivity index (χ2n) is 6.77. The lowest BCUT2D eigenvalue weighted by Crippen LogP contribution is -2.39. The van der Waals surface area contributed by atoms with Gasteiger partial charge in [-0.3, -0.25) is 0 Å². The van der Waals surface area contributed by atoms with Crippen LogP contribution in [0.4, 0.5) is 0 Å². The molecule has 0 bridgehead atoms. The molecular formula is C19H39NO2S. The highest BCUT2D eigenvalue weighted by atomic mass is 32.1. The molecule has 0 spiro atoms. The number of unbranched alkanes of at least 4 members (excludes halogenated alkanes) is 11. The van der Waals surface area contributed by atoms with Crippen LogP contribution >= 0.6 is 12.2 Å². The lowest BCUT2D eigenvalue weighted by atomic mass is 9.99. The first-order valence-corrected chi connectivity index (χ1v) is 10.1. The Morgan fingerprint density at radius 3 is 1.70 bits per heavy atom. The molecule has 2 unspecified atom stereocenters. The molecule has 0 aliphatic carbocycles. The molecule has 0 amide bonds. The standard InChI is InChI=1S/C19H39NO2S/c1-3-4-5-6-7-8-9-10-11-12-13-14-15-18(16-21)19(22)20-17(2)23/h18-19,21-22H,3-16H2,1-2H3,(H,20,23). The Morgan fingerprint density at radius 2 is 1.30 bits per heavy atom. The molecule has 2 atom stereocenters. The zero-order valence-corrected chi connectivity index (χ0v) is 16.2. The van der Waals surface area contributed by atoms with E-state index in [1.54, 1.807) is 6.92 Å². The minimum Gasteiger partial charge on any atom is -0.396 e. The molecule has 0 fully saturated rings. The summed E-state index contributed by atoms with van der Waals surface area (Å²) in [4.78, 5) is 0.575. The molecular weight excluding hydrogens is 306 g/mol. The van der Waals surface area contributed by atoms with Crippen LogP contribution in [0.5, 0.6) is 0 Å². The zero-order chi connectivity index (χ0) is 17.3. The third-order valence-corrected chi connectivity index (χ3v) is 4.58. The second kappa shape index (κ2) is 16.7. The van der Waals surface area contributed by atoms with Gasteiger partial charge < -0.3 is 15.5 Å². The Balaban J connectivity index is 3.38. The van der Waals surface area contributed by atoms with E-state index < -0.39 is 6.23 Å². The minimum atomic E-state index is -0.717. The molecule has 138 valence electrons. The van der Waals surface area contributed by atoms with E-state index in [2.05, 4.69) is 12.2 Å². The average Bonchev–Trinajstić information content (AvgIpc) is 2.51. The third-order valence-electron chi connectivity index (χ3n) is 4.46. The van der Waals surface area contributed by atoms with Crippen molar-refractivity contribution in [1.82, 2.24) is 5.32 Å². The predicted octanol–water partition coefficient (Wildman–Crippen LogP) is 4.94.